The zero-order valence-electron chi connectivity index (χ0n) is 15.3. The van der Waals surface area contributed by atoms with E-state index in [1.165, 1.54) is 11.1 Å². The third-order valence-electron chi connectivity index (χ3n) is 7.05. The highest BCUT2D eigenvalue weighted by Gasteiger charge is 2.62. The van der Waals surface area contributed by atoms with Gasteiger partial charge in [0.2, 0.25) is 5.91 Å². The minimum absolute atomic E-state index is 0.00873. The molecular weight excluding hydrogens is 348 g/mol. The van der Waals surface area contributed by atoms with Gasteiger partial charge in [0, 0.05) is 49.0 Å². The summed E-state index contributed by atoms with van der Waals surface area (Å²) >= 11 is 6.45. The van der Waals surface area contributed by atoms with Gasteiger partial charge in [-0.2, -0.15) is 0 Å². The van der Waals surface area contributed by atoms with Crippen LogP contribution < -0.4 is 5.32 Å². The summed E-state index contributed by atoms with van der Waals surface area (Å²) < 4.78 is 6.51. The first-order chi connectivity index (χ1) is 12.6. The average molecular weight is 375 g/mol. The summed E-state index contributed by atoms with van der Waals surface area (Å²) in [7, 11) is 0. The molecule has 1 aromatic carbocycles. The van der Waals surface area contributed by atoms with Crippen LogP contribution in [0, 0.1) is 24.7 Å². The Kier molecular flexibility index (Phi) is 4.07. The third kappa shape index (κ3) is 2.78. The maximum Gasteiger partial charge on any atom is 0.223 e. The molecule has 3 heterocycles. The highest BCUT2D eigenvalue weighted by molar-refractivity contribution is 6.31. The van der Waals surface area contributed by atoms with Crippen molar-refractivity contribution >= 4 is 17.5 Å². The normalized spacial score (nSPS) is 35.7. The van der Waals surface area contributed by atoms with E-state index in [1.54, 1.807) is 0 Å². The van der Waals surface area contributed by atoms with E-state index in [9.17, 15) is 4.79 Å². The molecule has 0 unspecified atom stereocenters. The molecule has 140 valence electrons. The number of hydrogen-bond donors (Lipinski definition) is 1. The molecule has 1 aliphatic carbocycles. The fourth-order valence-electron chi connectivity index (χ4n) is 5.48. The van der Waals surface area contributed by atoms with Gasteiger partial charge >= 0.3 is 0 Å². The molecule has 3 saturated heterocycles. The summed E-state index contributed by atoms with van der Waals surface area (Å²) in [5.74, 6) is 1.53. The number of carbonyl (C=O) groups excluding carboxylic acids is 1. The lowest BCUT2D eigenvalue weighted by Crippen LogP contribution is -2.42. The average Bonchev–Trinajstić information content (AvgIpc) is 3.21. The minimum Gasteiger partial charge on any atom is -0.370 e. The van der Waals surface area contributed by atoms with E-state index in [4.69, 9.17) is 16.3 Å². The molecule has 4 nitrogen and oxygen atoms in total. The monoisotopic (exact) mass is 374 g/mol. The molecule has 0 radical (unpaired) electrons. The molecule has 1 amide bonds. The van der Waals surface area contributed by atoms with Gasteiger partial charge < -0.3 is 10.1 Å². The number of aryl methyl sites for hydroxylation is 1. The van der Waals surface area contributed by atoms with E-state index in [-0.39, 0.29) is 17.4 Å². The van der Waals surface area contributed by atoms with Crippen molar-refractivity contribution in [2.45, 2.75) is 50.9 Å². The van der Waals surface area contributed by atoms with E-state index in [0.717, 1.165) is 56.9 Å². The molecular formula is C21H27ClN2O2. The Bertz CT molecular complexity index is 714. The van der Waals surface area contributed by atoms with Crippen LogP contribution in [0.3, 0.4) is 0 Å². The molecule has 1 saturated carbocycles. The van der Waals surface area contributed by atoms with Crippen LogP contribution >= 0.6 is 11.6 Å². The lowest BCUT2D eigenvalue weighted by atomic mass is 9.73. The van der Waals surface area contributed by atoms with Crippen LogP contribution in [0.5, 0.6) is 0 Å². The number of hydrogen-bond acceptors (Lipinski definition) is 3. The van der Waals surface area contributed by atoms with E-state index in [2.05, 4.69) is 23.2 Å². The topological polar surface area (TPSA) is 41.6 Å². The van der Waals surface area contributed by atoms with Crippen molar-refractivity contribution in [3.8, 4) is 0 Å². The number of carbonyl (C=O) groups is 1. The molecule has 4 fully saturated rings. The maximum absolute atomic E-state index is 12.1. The van der Waals surface area contributed by atoms with Gasteiger partial charge in [0.25, 0.3) is 0 Å². The maximum atomic E-state index is 12.1. The van der Waals surface area contributed by atoms with Gasteiger partial charge in [-0.3, -0.25) is 9.69 Å². The lowest BCUT2D eigenvalue weighted by Gasteiger charge is -2.29. The number of nitrogens with one attached hydrogen (secondary N) is 1. The summed E-state index contributed by atoms with van der Waals surface area (Å²) in [6.07, 6.45) is 4.76. The van der Waals surface area contributed by atoms with Gasteiger partial charge in [0.05, 0.1) is 11.7 Å². The summed E-state index contributed by atoms with van der Waals surface area (Å²) in [4.78, 5) is 14.6. The van der Waals surface area contributed by atoms with Crippen LogP contribution in [-0.2, 0) is 16.1 Å². The Morgan fingerprint density at radius 2 is 2.23 bits per heavy atom. The minimum atomic E-state index is 0.00873. The lowest BCUT2D eigenvalue weighted by molar-refractivity contribution is -0.122. The van der Waals surface area contributed by atoms with Crippen LogP contribution in [0.4, 0.5) is 0 Å². The highest BCUT2D eigenvalue weighted by atomic mass is 35.5. The quantitative estimate of drug-likeness (QED) is 0.860. The summed E-state index contributed by atoms with van der Waals surface area (Å²) in [5, 5.41) is 4.06. The van der Waals surface area contributed by atoms with Gasteiger partial charge in [-0.05, 0) is 49.8 Å². The molecule has 1 spiro atoms. The van der Waals surface area contributed by atoms with Crippen molar-refractivity contribution < 1.29 is 9.53 Å². The third-order valence-corrected chi connectivity index (χ3v) is 7.40. The Labute approximate surface area is 160 Å². The van der Waals surface area contributed by atoms with Crippen molar-refractivity contribution in [1.82, 2.24) is 10.2 Å². The van der Waals surface area contributed by atoms with Crippen molar-refractivity contribution in [3.05, 3.63) is 34.3 Å². The number of rotatable bonds is 5. The molecule has 2 bridgehead atoms. The zero-order chi connectivity index (χ0) is 17.9. The van der Waals surface area contributed by atoms with Crippen molar-refractivity contribution in [2.75, 3.05) is 19.6 Å². The first-order valence-electron chi connectivity index (χ1n) is 9.98. The molecule has 3 aliphatic heterocycles. The van der Waals surface area contributed by atoms with Gasteiger partial charge in [-0.1, -0.05) is 23.7 Å². The number of fused-ring (bicyclic) bond motifs is 1. The highest BCUT2D eigenvalue weighted by Crippen LogP contribution is 2.55. The van der Waals surface area contributed by atoms with Crippen molar-refractivity contribution in [1.29, 1.82) is 0 Å². The molecule has 26 heavy (non-hydrogen) atoms. The Morgan fingerprint density at radius 1 is 1.38 bits per heavy atom. The van der Waals surface area contributed by atoms with E-state index in [0.29, 0.717) is 17.9 Å². The number of likely N-dealkylation sites (tertiary alicyclic amines) is 1. The number of nitrogens with zero attached hydrogens (tertiary/aromatic N) is 1. The first kappa shape index (κ1) is 17.0. The van der Waals surface area contributed by atoms with Crippen LogP contribution in [0.25, 0.3) is 0 Å². The van der Waals surface area contributed by atoms with Crippen LogP contribution in [0.2, 0.25) is 5.02 Å². The van der Waals surface area contributed by atoms with E-state index < -0.39 is 0 Å². The molecule has 5 rings (SSSR count). The second-order valence-electron chi connectivity index (χ2n) is 8.75. The standard InChI is InChI=1S/C21H27ClN2O2/c1-13-3-2-4-18(22)16(13)10-24-11-17-15(9-23-20(25)14-5-6-14)19-7-8-21(17,12-24)26-19/h2-4,14-15,17,19H,5-12H2,1H3,(H,23,25)/t15-,17+,19+,21+/m0/s1. The van der Waals surface area contributed by atoms with Gasteiger partial charge in [0.15, 0.2) is 0 Å². The largest absolute Gasteiger partial charge is 0.370 e. The smallest absolute Gasteiger partial charge is 0.223 e. The van der Waals surface area contributed by atoms with Gasteiger partial charge in [-0.15, -0.1) is 0 Å². The number of benzene rings is 1. The molecule has 1 aromatic rings. The SMILES string of the molecule is Cc1cccc(Cl)c1CN1C[C@@H]2[C@H](CNC(=O)C3CC3)[C@H]3CC[C@]2(C1)O3. The number of amides is 1. The summed E-state index contributed by atoms with van der Waals surface area (Å²) in [6, 6.07) is 6.13. The molecule has 1 N–H and O–H groups in total. The number of halogens is 1. The van der Waals surface area contributed by atoms with Gasteiger partial charge in [0.1, 0.15) is 0 Å². The van der Waals surface area contributed by atoms with Crippen molar-refractivity contribution in [3.63, 3.8) is 0 Å². The molecule has 0 aromatic heterocycles. The van der Waals surface area contributed by atoms with E-state index in [1.807, 2.05) is 12.1 Å². The Balaban J connectivity index is 1.28. The van der Waals surface area contributed by atoms with Crippen molar-refractivity contribution in [2.24, 2.45) is 17.8 Å². The number of ether oxygens (including phenoxy) is 1. The fourth-order valence-corrected chi connectivity index (χ4v) is 5.76. The molecule has 4 atom stereocenters. The molecule has 4 aliphatic rings. The summed E-state index contributed by atoms with van der Waals surface area (Å²) in [6.45, 7) is 5.84. The Hall–Kier alpha value is -1.10. The second-order valence-corrected chi connectivity index (χ2v) is 9.16. The zero-order valence-corrected chi connectivity index (χ0v) is 16.1. The Morgan fingerprint density at radius 3 is 3.00 bits per heavy atom. The first-order valence-corrected chi connectivity index (χ1v) is 10.4. The second kappa shape index (κ2) is 6.22. The van der Waals surface area contributed by atoms with E-state index >= 15 is 0 Å². The van der Waals surface area contributed by atoms with Crippen LogP contribution in [-0.4, -0.2) is 42.1 Å². The summed E-state index contributed by atoms with van der Waals surface area (Å²) in [5.41, 5.74) is 2.50. The van der Waals surface area contributed by atoms with Crippen LogP contribution in [0.1, 0.15) is 36.8 Å². The van der Waals surface area contributed by atoms with Gasteiger partial charge in [-0.25, -0.2) is 0 Å². The molecule has 5 heteroatoms. The fraction of sp³-hybridized carbons (Fsp3) is 0.667. The predicted octanol–water partition coefficient (Wildman–Crippen LogP) is 3.15. The van der Waals surface area contributed by atoms with Crippen LogP contribution in [0.15, 0.2) is 18.2 Å². The predicted molar refractivity (Wildman–Crippen MR) is 101 cm³/mol.